The van der Waals surface area contributed by atoms with Crippen molar-refractivity contribution in [2.75, 3.05) is 26.2 Å². The number of imidazole rings is 1. The highest BCUT2D eigenvalue weighted by atomic mass is 79.9. The van der Waals surface area contributed by atoms with Crippen molar-refractivity contribution >= 4 is 39.5 Å². The molecule has 0 saturated carbocycles. The van der Waals surface area contributed by atoms with Crippen LogP contribution in [0.5, 0.6) is 0 Å². The number of H-pyrrole nitrogens is 1. The predicted molar refractivity (Wildman–Crippen MR) is 168 cm³/mol. The Hall–Kier alpha value is -2.95. The van der Waals surface area contributed by atoms with Gasteiger partial charge in [0, 0.05) is 65.7 Å². The summed E-state index contributed by atoms with van der Waals surface area (Å²) in [4.78, 5) is 46.2. The van der Waals surface area contributed by atoms with Gasteiger partial charge in [0.1, 0.15) is 11.6 Å². The molecule has 2 aliphatic heterocycles. The van der Waals surface area contributed by atoms with Crippen LogP contribution in [0.2, 0.25) is 5.02 Å². The molecule has 4 atom stereocenters. The lowest BCUT2D eigenvalue weighted by molar-refractivity contribution is -0.140. The Balaban J connectivity index is 1.36. The molecule has 2 fully saturated rings. The molecule has 43 heavy (non-hydrogen) atoms. The lowest BCUT2D eigenvalue weighted by atomic mass is 9.95. The number of nitrogens with zero attached hydrogens (tertiary/aromatic N) is 5. The number of aromatic nitrogens is 3. The van der Waals surface area contributed by atoms with Crippen LogP contribution in [0.25, 0.3) is 0 Å². The van der Waals surface area contributed by atoms with Gasteiger partial charge in [-0.05, 0) is 97.8 Å². The first kappa shape index (κ1) is 30.1. The Labute approximate surface area is 266 Å². The van der Waals surface area contributed by atoms with Gasteiger partial charge in [-0.1, -0.05) is 17.7 Å². The topological polar surface area (TPSA) is 94.7 Å². The van der Waals surface area contributed by atoms with Crippen LogP contribution in [-0.4, -0.2) is 85.5 Å². The van der Waals surface area contributed by atoms with Gasteiger partial charge in [-0.2, -0.15) is 0 Å². The van der Waals surface area contributed by atoms with E-state index in [4.69, 9.17) is 21.3 Å². The van der Waals surface area contributed by atoms with Crippen LogP contribution in [0.15, 0.2) is 47.5 Å². The quantitative estimate of drug-likeness (QED) is 0.383. The van der Waals surface area contributed by atoms with Crippen molar-refractivity contribution in [3.63, 3.8) is 0 Å². The summed E-state index contributed by atoms with van der Waals surface area (Å²) in [7, 11) is 0. The molecule has 9 nitrogen and oxygen atoms in total. The molecule has 2 amide bonds. The third kappa shape index (κ3) is 6.06. The fourth-order valence-corrected chi connectivity index (χ4v) is 7.47. The number of likely N-dealkylation sites (tertiary alicyclic amines) is 1. The SMILES string of the molecule is C[C@@H]1C(c2cnc[nH]2)CCN1C(=O)[C@H]1CN(C2c3ccc(Cl)cc3CCc3cc(Br)cnc32)CCN1C(=O)OC(C)(C)C. The molecule has 1 N–H and O–H groups in total. The number of ether oxygens (including phenoxy) is 1. The van der Waals surface area contributed by atoms with Crippen LogP contribution in [0.1, 0.15) is 74.2 Å². The summed E-state index contributed by atoms with van der Waals surface area (Å²) < 4.78 is 6.76. The Morgan fingerprint density at radius 3 is 2.60 bits per heavy atom. The van der Waals surface area contributed by atoms with Crippen LogP contribution in [-0.2, 0) is 22.4 Å². The molecule has 2 saturated heterocycles. The first-order valence-corrected chi connectivity index (χ1v) is 16.1. The molecular weight excluding hydrogens is 632 g/mol. The smallest absolute Gasteiger partial charge is 0.411 e. The molecule has 2 aromatic heterocycles. The number of halogens is 2. The van der Waals surface area contributed by atoms with Gasteiger partial charge in [0.15, 0.2) is 0 Å². The standard InChI is InChI=1S/C32H38BrClN6O3/c1-19-24(26-16-35-18-37-26)9-10-39(19)30(41)27-17-38(11-12-40(27)31(42)43-32(2,3)4)29-25-8-7-23(34)14-20(25)5-6-21-13-22(33)15-36-28(21)29/h7-8,13-16,18-19,24,27,29H,5-6,9-12,17H2,1-4H3,(H,35,37)/t19-,24?,27-,29?/m1/s1. The van der Waals surface area contributed by atoms with E-state index in [1.54, 1.807) is 11.2 Å². The third-order valence-electron chi connectivity index (χ3n) is 8.94. The van der Waals surface area contributed by atoms with Crippen LogP contribution in [0.3, 0.4) is 0 Å². The van der Waals surface area contributed by atoms with Crippen molar-refractivity contribution in [2.24, 2.45) is 0 Å². The largest absolute Gasteiger partial charge is 0.444 e. The van der Waals surface area contributed by atoms with Crippen molar-refractivity contribution in [3.05, 3.63) is 80.6 Å². The van der Waals surface area contributed by atoms with Gasteiger partial charge in [0.25, 0.3) is 0 Å². The van der Waals surface area contributed by atoms with E-state index in [0.717, 1.165) is 40.7 Å². The fraction of sp³-hybridized carbons (Fsp3) is 0.500. The zero-order chi connectivity index (χ0) is 30.5. The van der Waals surface area contributed by atoms with Crippen molar-refractivity contribution in [1.29, 1.82) is 0 Å². The third-order valence-corrected chi connectivity index (χ3v) is 9.61. The van der Waals surface area contributed by atoms with Gasteiger partial charge in [-0.3, -0.25) is 19.6 Å². The molecule has 3 aromatic rings. The fourth-order valence-electron chi connectivity index (χ4n) is 6.90. The summed E-state index contributed by atoms with van der Waals surface area (Å²) in [6.07, 6.45) is 7.41. The number of benzene rings is 1. The van der Waals surface area contributed by atoms with Crippen molar-refractivity contribution in [2.45, 2.75) is 76.6 Å². The second-order valence-electron chi connectivity index (χ2n) is 12.8. The number of amides is 2. The maximum Gasteiger partial charge on any atom is 0.411 e. The Bertz CT molecular complexity index is 1460. The monoisotopic (exact) mass is 668 g/mol. The normalized spacial score (nSPS) is 24.3. The van der Waals surface area contributed by atoms with Gasteiger partial charge in [0.2, 0.25) is 5.91 Å². The number of carbonyl (C=O) groups excluding carboxylic acids is 2. The molecule has 11 heteroatoms. The molecule has 0 spiro atoms. The van der Waals surface area contributed by atoms with Crippen LogP contribution >= 0.6 is 27.5 Å². The maximum atomic E-state index is 14.5. The second-order valence-corrected chi connectivity index (χ2v) is 14.2. The summed E-state index contributed by atoms with van der Waals surface area (Å²) in [5.74, 6) is 0.105. The van der Waals surface area contributed by atoms with Gasteiger partial charge in [-0.15, -0.1) is 0 Å². The van der Waals surface area contributed by atoms with E-state index in [1.807, 2.05) is 50.2 Å². The van der Waals surface area contributed by atoms with E-state index in [1.165, 1.54) is 11.1 Å². The lowest BCUT2D eigenvalue weighted by Crippen LogP contribution is -2.62. The Morgan fingerprint density at radius 1 is 1.07 bits per heavy atom. The molecule has 1 aromatic carbocycles. The number of pyridine rings is 1. The molecule has 3 aliphatic rings. The number of carbonyl (C=O) groups is 2. The summed E-state index contributed by atoms with van der Waals surface area (Å²) in [5.41, 5.74) is 4.82. The molecule has 228 valence electrons. The second kappa shape index (κ2) is 11.9. The highest BCUT2D eigenvalue weighted by Gasteiger charge is 2.46. The minimum absolute atomic E-state index is 0.0377. The number of hydrogen-bond donors (Lipinski definition) is 1. The number of piperazine rings is 1. The van der Waals surface area contributed by atoms with E-state index >= 15 is 0 Å². The van der Waals surface area contributed by atoms with E-state index in [0.29, 0.717) is 31.2 Å². The van der Waals surface area contributed by atoms with Gasteiger partial charge in [-0.25, -0.2) is 9.78 Å². The van der Waals surface area contributed by atoms with Gasteiger partial charge in [0.05, 0.1) is 18.1 Å². The molecule has 1 aliphatic carbocycles. The highest BCUT2D eigenvalue weighted by molar-refractivity contribution is 9.10. The van der Waals surface area contributed by atoms with Crippen molar-refractivity contribution in [1.82, 2.24) is 29.7 Å². The van der Waals surface area contributed by atoms with Crippen LogP contribution in [0, 0.1) is 0 Å². The van der Waals surface area contributed by atoms with E-state index < -0.39 is 17.7 Å². The number of aromatic amines is 1. The first-order valence-electron chi connectivity index (χ1n) is 14.9. The zero-order valence-electron chi connectivity index (χ0n) is 25.0. The molecule has 2 unspecified atom stereocenters. The predicted octanol–water partition coefficient (Wildman–Crippen LogP) is 5.73. The molecule has 0 bridgehead atoms. The van der Waals surface area contributed by atoms with Crippen molar-refractivity contribution < 1.29 is 14.3 Å². The van der Waals surface area contributed by atoms with E-state index in [9.17, 15) is 9.59 Å². The van der Waals surface area contributed by atoms with Crippen molar-refractivity contribution in [3.8, 4) is 0 Å². The summed E-state index contributed by atoms with van der Waals surface area (Å²) in [5, 5.41) is 0.704. The Morgan fingerprint density at radius 2 is 1.86 bits per heavy atom. The number of nitrogens with one attached hydrogen (secondary N) is 1. The summed E-state index contributed by atoms with van der Waals surface area (Å²) in [6, 6.07) is 7.29. The number of aryl methyl sites for hydroxylation is 2. The first-order chi connectivity index (χ1) is 20.5. The number of rotatable bonds is 3. The lowest BCUT2D eigenvalue weighted by Gasteiger charge is -2.45. The van der Waals surface area contributed by atoms with Gasteiger partial charge < -0.3 is 14.6 Å². The minimum atomic E-state index is -0.704. The van der Waals surface area contributed by atoms with Crippen LogP contribution in [0.4, 0.5) is 4.79 Å². The van der Waals surface area contributed by atoms with E-state index in [2.05, 4.69) is 49.9 Å². The molecule has 6 rings (SSSR count). The summed E-state index contributed by atoms with van der Waals surface area (Å²) >= 11 is 10.1. The van der Waals surface area contributed by atoms with Crippen LogP contribution < -0.4 is 0 Å². The number of hydrogen-bond acceptors (Lipinski definition) is 6. The zero-order valence-corrected chi connectivity index (χ0v) is 27.4. The summed E-state index contributed by atoms with van der Waals surface area (Å²) in [6.45, 7) is 9.54. The van der Waals surface area contributed by atoms with E-state index in [-0.39, 0.29) is 23.9 Å². The average Bonchev–Trinajstić information content (AvgIpc) is 3.59. The Kier molecular flexibility index (Phi) is 8.30. The molecule has 0 radical (unpaired) electrons. The molecular formula is C32H38BrClN6O3. The average molecular weight is 670 g/mol. The number of fused-ring (bicyclic) bond motifs is 2. The maximum absolute atomic E-state index is 14.5. The minimum Gasteiger partial charge on any atom is -0.444 e. The highest BCUT2D eigenvalue weighted by Crippen LogP contribution is 2.39. The molecule has 4 heterocycles. The van der Waals surface area contributed by atoms with Gasteiger partial charge >= 0.3 is 6.09 Å².